The Balaban J connectivity index is 1.52. The van der Waals surface area contributed by atoms with Crippen LogP contribution in [0.25, 0.3) is 0 Å². The highest BCUT2D eigenvalue weighted by Crippen LogP contribution is 2.24. The minimum atomic E-state index is 0.263. The molecular formula is C21H27NO2. The highest BCUT2D eigenvalue weighted by Gasteiger charge is 2.15. The van der Waals surface area contributed by atoms with Gasteiger partial charge < -0.3 is 14.8 Å². The summed E-state index contributed by atoms with van der Waals surface area (Å²) in [4.78, 5) is 0. The zero-order chi connectivity index (χ0) is 16.8. The van der Waals surface area contributed by atoms with Crippen molar-refractivity contribution in [3.05, 3.63) is 59.7 Å². The summed E-state index contributed by atoms with van der Waals surface area (Å²) in [6.07, 6.45) is 2.52. The van der Waals surface area contributed by atoms with E-state index in [9.17, 15) is 0 Å². The van der Waals surface area contributed by atoms with E-state index in [0.717, 1.165) is 31.7 Å². The summed E-state index contributed by atoms with van der Waals surface area (Å²) in [6, 6.07) is 16.8. The molecule has 2 aromatic carbocycles. The van der Waals surface area contributed by atoms with Crippen LogP contribution in [-0.2, 0) is 11.3 Å². The van der Waals surface area contributed by atoms with Crippen molar-refractivity contribution in [3.63, 3.8) is 0 Å². The minimum absolute atomic E-state index is 0.263. The molecule has 24 heavy (non-hydrogen) atoms. The zero-order valence-electron chi connectivity index (χ0n) is 14.6. The molecule has 0 aromatic heterocycles. The van der Waals surface area contributed by atoms with Crippen molar-refractivity contribution < 1.29 is 9.47 Å². The fourth-order valence-corrected chi connectivity index (χ4v) is 3.03. The van der Waals surface area contributed by atoms with Crippen LogP contribution in [0.2, 0.25) is 0 Å². The van der Waals surface area contributed by atoms with Crippen LogP contribution in [0.4, 0.5) is 5.69 Å². The topological polar surface area (TPSA) is 30.5 Å². The van der Waals surface area contributed by atoms with Crippen molar-refractivity contribution >= 4 is 5.69 Å². The first-order valence-electron chi connectivity index (χ1n) is 8.88. The lowest BCUT2D eigenvalue weighted by molar-refractivity contribution is 0.0679. The molecule has 1 aliphatic heterocycles. The zero-order valence-corrected chi connectivity index (χ0v) is 14.6. The Hall–Kier alpha value is -2.00. The van der Waals surface area contributed by atoms with Gasteiger partial charge in [0.05, 0.1) is 6.10 Å². The van der Waals surface area contributed by atoms with Crippen LogP contribution in [0, 0.1) is 0 Å². The predicted molar refractivity (Wildman–Crippen MR) is 98.8 cm³/mol. The van der Waals surface area contributed by atoms with Gasteiger partial charge in [0.15, 0.2) is 0 Å². The number of para-hydroxylation sites is 1. The van der Waals surface area contributed by atoms with E-state index < -0.39 is 0 Å². The maximum Gasteiger partial charge on any atom is 0.119 e. The van der Waals surface area contributed by atoms with E-state index in [2.05, 4.69) is 55.6 Å². The molecule has 0 amide bonds. The third kappa shape index (κ3) is 4.51. The van der Waals surface area contributed by atoms with E-state index in [0.29, 0.717) is 12.5 Å². The average molecular weight is 325 g/mol. The van der Waals surface area contributed by atoms with Crippen molar-refractivity contribution in [2.75, 3.05) is 18.5 Å². The second-order valence-electron chi connectivity index (χ2n) is 6.69. The first-order chi connectivity index (χ1) is 11.7. The summed E-state index contributed by atoms with van der Waals surface area (Å²) in [5.74, 6) is 1.43. The van der Waals surface area contributed by atoms with Crippen LogP contribution in [0.15, 0.2) is 48.5 Å². The van der Waals surface area contributed by atoms with E-state index in [-0.39, 0.29) is 6.10 Å². The van der Waals surface area contributed by atoms with Gasteiger partial charge in [0.1, 0.15) is 12.4 Å². The summed E-state index contributed by atoms with van der Waals surface area (Å²) in [7, 11) is 0. The van der Waals surface area contributed by atoms with E-state index in [1.54, 1.807) is 0 Å². The fraction of sp³-hybridized carbons (Fsp3) is 0.429. The van der Waals surface area contributed by atoms with Crippen molar-refractivity contribution in [2.45, 2.75) is 45.3 Å². The smallest absolute Gasteiger partial charge is 0.119 e. The van der Waals surface area contributed by atoms with Gasteiger partial charge >= 0.3 is 0 Å². The molecule has 0 bridgehead atoms. The third-order valence-corrected chi connectivity index (χ3v) is 4.45. The number of anilines is 1. The molecule has 2 aromatic rings. The average Bonchev–Trinajstić information content (AvgIpc) is 3.13. The summed E-state index contributed by atoms with van der Waals surface area (Å²) < 4.78 is 11.4. The maximum absolute atomic E-state index is 5.81. The van der Waals surface area contributed by atoms with E-state index in [1.807, 2.05) is 12.1 Å². The van der Waals surface area contributed by atoms with Gasteiger partial charge in [-0.3, -0.25) is 0 Å². The van der Waals surface area contributed by atoms with Crippen LogP contribution in [0.1, 0.15) is 43.7 Å². The molecule has 1 atom stereocenters. The Bertz CT molecular complexity index is 631. The van der Waals surface area contributed by atoms with Gasteiger partial charge in [0.25, 0.3) is 0 Å². The van der Waals surface area contributed by atoms with Crippen LogP contribution in [-0.4, -0.2) is 19.3 Å². The van der Waals surface area contributed by atoms with E-state index >= 15 is 0 Å². The van der Waals surface area contributed by atoms with Crippen molar-refractivity contribution in [2.24, 2.45) is 0 Å². The van der Waals surface area contributed by atoms with Gasteiger partial charge in [0.2, 0.25) is 0 Å². The second kappa shape index (κ2) is 8.20. The Labute approximate surface area is 145 Å². The van der Waals surface area contributed by atoms with Gasteiger partial charge in [-0.2, -0.15) is 0 Å². The van der Waals surface area contributed by atoms with Crippen molar-refractivity contribution in [3.8, 4) is 5.75 Å². The second-order valence-corrected chi connectivity index (χ2v) is 6.69. The third-order valence-electron chi connectivity index (χ3n) is 4.45. The molecule has 0 saturated carbocycles. The predicted octanol–water partition coefficient (Wildman–Crippen LogP) is 4.98. The van der Waals surface area contributed by atoms with Crippen LogP contribution < -0.4 is 10.1 Å². The van der Waals surface area contributed by atoms with Gasteiger partial charge in [-0.1, -0.05) is 44.2 Å². The molecule has 1 heterocycles. The number of nitrogens with one attached hydrogen (secondary N) is 1. The molecule has 3 nitrogen and oxygen atoms in total. The van der Waals surface area contributed by atoms with Gasteiger partial charge in [0, 0.05) is 18.8 Å². The molecule has 1 aliphatic rings. The van der Waals surface area contributed by atoms with E-state index in [4.69, 9.17) is 9.47 Å². The molecule has 1 N–H and O–H groups in total. The quantitative estimate of drug-likeness (QED) is 0.779. The van der Waals surface area contributed by atoms with Crippen LogP contribution in [0.5, 0.6) is 5.75 Å². The molecule has 0 spiro atoms. The highest BCUT2D eigenvalue weighted by atomic mass is 16.5. The number of benzene rings is 2. The fourth-order valence-electron chi connectivity index (χ4n) is 3.03. The van der Waals surface area contributed by atoms with Crippen LogP contribution >= 0.6 is 0 Å². The van der Waals surface area contributed by atoms with Crippen molar-refractivity contribution in [1.82, 2.24) is 0 Å². The summed E-state index contributed by atoms with van der Waals surface area (Å²) >= 11 is 0. The monoisotopic (exact) mass is 325 g/mol. The lowest BCUT2D eigenvalue weighted by atomic mass is 10.0. The lowest BCUT2D eigenvalue weighted by Crippen LogP contribution is -2.16. The Morgan fingerprint density at radius 1 is 1.12 bits per heavy atom. The number of rotatable bonds is 7. The summed E-state index contributed by atoms with van der Waals surface area (Å²) in [5, 5.41) is 3.55. The first-order valence-corrected chi connectivity index (χ1v) is 8.88. The number of hydrogen-bond donors (Lipinski definition) is 1. The normalized spacial score (nSPS) is 17.2. The number of hydrogen-bond acceptors (Lipinski definition) is 3. The maximum atomic E-state index is 5.81. The molecule has 3 rings (SSSR count). The highest BCUT2D eigenvalue weighted by molar-refractivity contribution is 5.52. The van der Waals surface area contributed by atoms with Crippen molar-refractivity contribution in [1.29, 1.82) is 0 Å². The Morgan fingerprint density at radius 3 is 2.62 bits per heavy atom. The largest absolute Gasteiger partial charge is 0.491 e. The van der Waals surface area contributed by atoms with Gasteiger partial charge in [-0.15, -0.1) is 0 Å². The van der Waals surface area contributed by atoms with Gasteiger partial charge in [-0.05, 0) is 48.1 Å². The molecule has 1 unspecified atom stereocenters. The molecule has 1 fully saturated rings. The SMILES string of the molecule is CC(C)c1ccccc1NCc1ccc(OCC2CCCO2)cc1. The summed E-state index contributed by atoms with van der Waals surface area (Å²) in [5.41, 5.74) is 3.82. The van der Waals surface area contributed by atoms with Gasteiger partial charge in [-0.25, -0.2) is 0 Å². The summed E-state index contributed by atoms with van der Waals surface area (Å²) in [6.45, 7) is 6.78. The number of ether oxygens (including phenoxy) is 2. The van der Waals surface area contributed by atoms with E-state index in [1.165, 1.54) is 16.8 Å². The molecule has 1 saturated heterocycles. The molecule has 128 valence electrons. The molecular weight excluding hydrogens is 298 g/mol. The van der Waals surface area contributed by atoms with Crippen LogP contribution in [0.3, 0.4) is 0 Å². The Kier molecular flexibility index (Phi) is 5.76. The first kappa shape index (κ1) is 16.8. The molecule has 3 heteroatoms. The Morgan fingerprint density at radius 2 is 1.92 bits per heavy atom. The molecule has 0 radical (unpaired) electrons. The lowest BCUT2D eigenvalue weighted by Gasteiger charge is -2.15. The standard InChI is InChI=1S/C21H27NO2/c1-16(2)20-7-3-4-8-21(20)22-14-17-9-11-18(12-10-17)24-15-19-6-5-13-23-19/h3-4,7-12,16,19,22H,5-6,13-15H2,1-2H3. The molecule has 0 aliphatic carbocycles. The minimum Gasteiger partial charge on any atom is -0.491 e.